The van der Waals surface area contributed by atoms with Crippen molar-refractivity contribution in [3.63, 3.8) is 0 Å². The number of aldehydes is 1. The van der Waals surface area contributed by atoms with Crippen LogP contribution >= 0.6 is 15.9 Å². The number of aromatic amines is 1. The highest BCUT2D eigenvalue weighted by Crippen LogP contribution is 2.22. The molecule has 0 aliphatic carbocycles. The molecule has 0 bridgehead atoms. The van der Waals surface area contributed by atoms with Crippen LogP contribution in [0.3, 0.4) is 0 Å². The zero-order valence-corrected chi connectivity index (χ0v) is 8.67. The molecular weight excluding hydrogens is 246 g/mol. The molecule has 0 aliphatic rings. The highest BCUT2D eigenvalue weighted by Gasteiger charge is 2.10. The molecule has 1 aromatic carbocycles. The Morgan fingerprint density at radius 2 is 2.21 bits per heavy atom. The number of rotatable bonds is 2. The number of nitrogens with one attached hydrogen (secondary N) is 1. The van der Waals surface area contributed by atoms with E-state index in [1.807, 2.05) is 12.1 Å². The third-order valence-corrected chi connectivity index (χ3v) is 2.51. The van der Waals surface area contributed by atoms with Gasteiger partial charge in [-0.1, -0.05) is 22.0 Å². The second-order valence-corrected chi connectivity index (χ2v) is 3.79. The quantitative estimate of drug-likeness (QED) is 0.506. The number of aromatic nitrogens is 1. The van der Waals surface area contributed by atoms with Crippen LogP contribution in [0.25, 0.3) is 10.9 Å². The second-order valence-electron chi connectivity index (χ2n) is 2.87. The van der Waals surface area contributed by atoms with Gasteiger partial charge in [0.2, 0.25) is 5.78 Å². The first-order valence-corrected chi connectivity index (χ1v) is 4.78. The van der Waals surface area contributed by atoms with Gasteiger partial charge >= 0.3 is 0 Å². The molecule has 2 aromatic rings. The molecule has 1 aromatic heterocycles. The van der Waals surface area contributed by atoms with Crippen LogP contribution in [0.4, 0.5) is 0 Å². The smallest absolute Gasteiger partial charge is 0.227 e. The lowest BCUT2D eigenvalue weighted by atomic mass is 10.1. The van der Waals surface area contributed by atoms with E-state index in [-0.39, 0.29) is 0 Å². The van der Waals surface area contributed by atoms with Crippen molar-refractivity contribution in [3.05, 3.63) is 34.4 Å². The molecule has 0 spiro atoms. The summed E-state index contributed by atoms with van der Waals surface area (Å²) in [5, 5.41) is 0.769. The second kappa shape index (κ2) is 3.38. The Balaban J connectivity index is 2.69. The van der Waals surface area contributed by atoms with Gasteiger partial charge in [-0.3, -0.25) is 9.59 Å². The van der Waals surface area contributed by atoms with Gasteiger partial charge in [-0.25, -0.2) is 0 Å². The number of Topliss-reactive ketones (excluding diaryl/α,β-unsaturated/α-hetero) is 1. The van der Waals surface area contributed by atoms with Crippen LogP contribution in [-0.4, -0.2) is 17.1 Å². The number of ketones is 1. The molecule has 0 amide bonds. The van der Waals surface area contributed by atoms with Crippen molar-refractivity contribution in [2.75, 3.05) is 0 Å². The predicted octanol–water partition coefficient (Wildman–Crippen LogP) is 2.31. The van der Waals surface area contributed by atoms with Crippen molar-refractivity contribution in [1.29, 1.82) is 0 Å². The number of carbonyl (C=O) groups excluding carboxylic acids is 2. The van der Waals surface area contributed by atoms with E-state index in [0.29, 0.717) is 11.8 Å². The van der Waals surface area contributed by atoms with Gasteiger partial charge in [0, 0.05) is 21.6 Å². The molecular formula is C10H6BrNO2. The minimum Gasteiger partial charge on any atom is -0.360 e. The first-order valence-electron chi connectivity index (χ1n) is 3.98. The summed E-state index contributed by atoms with van der Waals surface area (Å²) >= 11 is 3.32. The van der Waals surface area contributed by atoms with Crippen molar-refractivity contribution in [3.8, 4) is 0 Å². The maximum Gasteiger partial charge on any atom is 0.227 e. The lowest BCUT2D eigenvalue weighted by Crippen LogP contribution is -1.97. The molecule has 0 fully saturated rings. The van der Waals surface area contributed by atoms with Crippen LogP contribution < -0.4 is 0 Å². The number of halogens is 1. The number of hydrogen-bond acceptors (Lipinski definition) is 2. The molecule has 1 heterocycles. The monoisotopic (exact) mass is 251 g/mol. The first-order chi connectivity index (χ1) is 6.72. The van der Waals surface area contributed by atoms with Crippen LogP contribution in [0, 0.1) is 0 Å². The van der Waals surface area contributed by atoms with Gasteiger partial charge in [0.15, 0.2) is 6.29 Å². The van der Waals surface area contributed by atoms with Gasteiger partial charge in [-0.05, 0) is 12.1 Å². The number of H-pyrrole nitrogens is 1. The molecule has 3 nitrogen and oxygen atoms in total. The third kappa shape index (κ3) is 1.37. The summed E-state index contributed by atoms with van der Waals surface area (Å²) in [4.78, 5) is 24.4. The third-order valence-electron chi connectivity index (χ3n) is 2.02. The molecule has 0 atom stereocenters. The fourth-order valence-electron chi connectivity index (χ4n) is 1.37. The Hall–Kier alpha value is -1.42. The van der Waals surface area contributed by atoms with E-state index in [9.17, 15) is 9.59 Å². The molecule has 0 unspecified atom stereocenters. The summed E-state index contributed by atoms with van der Waals surface area (Å²) in [6, 6.07) is 5.49. The number of carbonyl (C=O) groups is 2. The van der Waals surface area contributed by atoms with E-state index in [1.54, 1.807) is 12.3 Å². The summed E-state index contributed by atoms with van der Waals surface area (Å²) in [7, 11) is 0. The lowest BCUT2D eigenvalue weighted by Gasteiger charge is -1.92. The maximum absolute atomic E-state index is 11.2. The number of hydrogen-bond donors (Lipinski definition) is 1. The zero-order valence-electron chi connectivity index (χ0n) is 7.08. The molecule has 4 heteroatoms. The van der Waals surface area contributed by atoms with E-state index in [4.69, 9.17) is 0 Å². The highest BCUT2D eigenvalue weighted by atomic mass is 79.9. The summed E-state index contributed by atoms with van der Waals surface area (Å²) < 4.78 is 0.928. The molecule has 1 N–H and O–H groups in total. The van der Waals surface area contributed by atoms with Crippen LogP contribution in [0.5, 0.6) is 0 Å². The van der Waals surface area contributed by atoms with Gasteiger partial charge in [0.05, 0.1) is 5.56 Å². The lowest BCUT2D eigenvalue weighted by molar-refractivity contribution is -0.104. The Kier molecular flexibility index (Phi) is 2.21. The topological polar surface area (TPSA) is 49.9 Å². The average Bonchev–Trinajstić information content (AvgIpc) is 2.59. The van der Waals surface area contributed by atoms with Crippen molar-refractivity contribution >= 4 is 38.9 Å². The normalized spacial score (nSPS) is 10.4. The Labute approximate surface area is 88.2 Å². The number of benzene rings is 1. The van der Waals surface area contributed by atoms with E-state index < -0.39 is 5.78 Å². The number of fused-ring (bicyclic) bond motifs is 1. The first kappa shape index (κ1) is 9.15. The van der Waals surface area contributed by atoms with E-state index in [0.717, 1.165) is 15.4 Å². The van der Waals surface area contributed by atoms with E-state index in [2.05, 4.69) is 20.9 Å². The summed E-state index contributed by atoms with van der Waals surface area (Å²) in [5.74, 6) is -0.501. The summed E-state index contributed by atoms with van der Waals surface area (Å²) in [6.45, 7) is 0. The van der Waals surface area contributed by atoms with Crippen LogP contribution in [0.15, 0.2) is 28.9 Å². The zero-order chi connectivity index (χ0) is 10.1. The molecule has 70 valence electrons. The summed E-state index contributed by atoms with van der Waals surface area (Å²) in [6.07, 6.45) is 1.87. The Bertz CT molecular complexity index is 516. The molecule has 14 heavy (non-hydrogen) atoms. The standard InChI is InChI=1S/C10H6BrNO2/c11-6-1-2-7-8(10(14)5-13)4-12-9(7)3-6/h1-5,12H. The maximum atomic E-state index is 11.2. The van der Waals surface area contributed by atoms with Gasteiger partial charge in [0.25, 0.3) is 0 Å². The minimum atomic E-state index is -0.501. The van der Waals surface area contributed by atoms with Crippen molar-refractivity contribution in [1.82, 2.24) is 4.98 Å². The van der Waals surface area contributed by atoms with Crippen LogP contribution in [-0.2, 0) is 4.79 Å². The fraction of sp³-hybridized carbons (Fsp3) is 0. The average molecular weight is 252 g/mol. The molecule has 0 saturated heterocycles. The van der Waals surface area contributed by atoms with Crippen LogP contribution in [0.1, 0.15) is 10.4 Å². The largest absolute Gasteiger partial charge is 0.360 e. The Morgan fingerprint density at radius 1 is 1.43 bits per heavy atom. The van der Waals surface area contributed by atoms with E-state index in [1.165, 1.54) is 0 Å². The molecule has 0 saturated carbocycles. The van der Waals surface area contributed by atoms with E-state index >= 15 is 0 Å². The van der Waals surface area contributed by atoms with Gasteiger partial charge in [0.1, 0.15) is 0 Å². The molecule has 2 rings (SSSR count). The van der Waals surface area contributed by atoms with Crippen LogP contribution in [0.2, 0.25) is 0 Å². The minimum absolute atomic E-state index is 0.324. The Morgan fingerprint density at radius 3 is 2.93 bits per heavy atom. The van der Waals surface area contributed by atoms with Crippen molar-refractivity contribution in [2.24, 2.45) is 0 Å². The molecule has 0 aliphatic heterocycles. The molecule has 0 radical (unpaired) electrons. The van der Waals surface area contributed by atoms with Crippen molar-refractivity contribution in [2.45, 2.75) is 0 Å². The summed E-state index contributed by atoms with van der Waals surface area (Å²) in [5.41, 5.74) is 1.26. The highest BCUT2D eigenvalue weighted by molar-refractivity contribution is 9.10. The predicted molar refractivity (Wildman–Crippen MR) is 56.4 cm³/mol. The van der Waals surface area contributed by atoms with Crippen molar-refractivity contribution < 1.29 is 9.59 Å². The SMILES string of the molecule is O=CC(=O)c1c[nH]c2cc(Br)ccc12. The van der Waals surface area contributed by atoms with Gasteiger partial charge in [-0.2, -0.15) is 0 Å². The van der Waals surface area contributed by atoms with Gasteiger partial charge in [-0.15, -0.1) is 0 Å². The fourth-order valence-corrected chi connectivity index (χ4v) is 1.73. The van der Waals surface area contributed by atoms with Gasteiger partial charge < -0.3 is 4.98 Å².